The van der Waals surface area contributed by atoms with Gasteiger partial charge in [0.25, 0.3) is 0 Å². The zero-order valence-electron chi connectivity index (χ0n) is 24.4. The van der Waals surface area contributed by atoms with Gasteiger partial charge in [0.15, 0.2) is 23.3 Å². The first-order valence-electron chi connectivity index (χ1n) is 14.4. The van der Waals surface area contributed by atoms with E-state index in [-0.39, 0.29) is 0 Å². The maximum Gasteiger partial charge on any atom is 0.192 e. The van der Waals surface area contributed by atoms with Crippen molar-refractivity contribution >= 4 is 42.3 Å². The second-order valence-corrected chi connectivity index (χ2v) is 12.2. The van der Waals surface area contributed by atoms with Crippen LogP contribution in [0.4, 0.5) is 0 Å². The third kappa shape index (κ3) is 4.27. The van der Waals surface area contributed by atoms with Crippen LogP contribution in [-0.2, 0) is 0 Å². The fraction of sp³-hybridized carbons (Fsp3) is 0.105. The molecule has 0 aliphatic carbocycles. The molecule has 0 saturated carbocycles. The van der Waals surface area contributed by atoms with Crippen LogP contribution in [0.25, 0.3) is 75.8 Å². The van der Waals surface area contributed by atoms with Crippen molar-refractivity contribution in [3.8, 4) is 44.9 Å². The molecule has 5 heteroatoms. The topological polar surface area (TPSA) is 52.1 Å². The number of aromatic nitrogens is 2. The average molecular weight is 577 g/mol. The van der Waals surface area contributed by atoms with Crippen molar-refractivity contribution in [3.05, 3.63) is 120 Å². The van der Waals surface area contributed by atoms with Gasteiger partial charge in [0.05, 0.1) is 11.4 Å². The molecule has 43 heavy (non-hydrogen) atoms. The first-order valence-corrected chi connectivity index (χ1v) is 15.2. The molecule has 3 heterocycles. The number of rotatable bonds is 4. The van der Waals surface area contributed by atoms with Crippen LogP contribution in [0, 0.1) is 27.7 Å². The van der Waals surface area contributed by atoms with Crippen LogP contribution in [0.2, 0.25) is 0 Å². The highest BCUT2D eigenvalue weighted by Gasteiger charge is 2.17. The molecule has 4 nitrogen and oxygen atoms in total. The van der Waals surface area contributed by atoms with E-state index in [4.69, 9.17) is 8.83 Å². The lowest BCUT2D eigenvalue weighted by molar-refractivity contribution is 0.533. The number of nitrogens with zero attached hydrogens (tertiary/aromatic N) is 2. The predicted octanol–water partition coefficient (Wildman–Crippen LogP) is 11.1. The van der Waals surface area contributed by atoms with E-state index in [9.17, 15) is 0 Å². The van der Waals surface area contributed by atoms with Gasteiger partial charge in [-0.2, -0.15) is 0 Å². The number of thiophene rings is 1. The summed E-state index contributed by atoms with van der Waals surface area (Å²) >= 11 is 1.85. The molecule has 8 rings (SSSR count). The van der Waals surface area contributed by atoms with Crippen molar-refractivity contribution in [3.63, 3.8) is 0 Å². The molecule has 0 radical (unpaired) electrons. The van der Waals surface area contributed by atoms with Crippen LogP contribution < -0.4 is 0 Å². The van der Waals surface area contributed by atoms with E-state index in [0.717, 1.165) is 45.2 Å². The van der Waals surface area contributed by atoms with Crippen molar-refractivity contribution in [1.29, 1.82) is 0 Å². The maximum absolute atomic E-state index is 5.96. The van der Waals surface area contributed by atoms with Gasteiger partial charge >= 0.3 is 0 Å². The molecule has 3 aromatic heterocycles. The highest BCUT2D eigenvalue weighted by Crippen LogP contribution is 2.44. The molecule has 0 N–H and O–H groups in total. The number of benzene rings is 5. The van der Waals surface area contributed by atoms with Crippen molar-refractivity contribution in [2.24, 2.45) is 0 Å². The summed E-state index contributed by atoms with van der Waals surface area (Å²) in [5.74, 6) is 3.03. The molecule has 0 unspecified atom stereocenters. The summed E-state index contributed by atoms with van der Waals surface area (Å²) in [5, 5.41) is 5.10. The largest absolute Gasteiger partial charge is 0.441 e. The Kier molecular flexibility index (Phi) is 5.85. The zero-order valence-corrected chi connectivity index (χ0v) is 25.2. The predicted molar refractivity (Wildman–Crippen MR) is 178 cm³/mol. The summed E-state index contributed by atoms with van der Waals surface area (Å²) < 4.78 is 14.4. The van der Waals surface area contributed by atoms with Crippen LogP contribution in [-0.4, -0.2) is 9.97 Å². The van der Waals surface area contributed by atoms with E-state index in [2.05, 4.69) is 107 Å². The van der Waals surface area contributed by atoms with E-state index in [0.29, 0.717) is 11.8 Å². The van der Waals surface area contributed by atoms with Gasteiger partial charge in [0.2, 0.25) is 0 Å². The number of fused-ring (bicyclic) bond motifs is 5. The molecule has 0 saturated heterocycles. The Balaban J connectivity index is 1.28. The first kappa shape index (κ1) is 25.7. The summed E-state index contributed by atoms with van der Waals surface area (Å²) in [6, 6.07) is 35.1. The van der Waals surface area contributed by atoms with E-state index >= 15 is 0 Å². The molecule has 5 aromatic carbocycles. The minimum Gasteiger partial charge on any atom is -0.441 e. The van der Waals surface area contributed by atoms with Crippen LogP contribution in [0.5, 0.6) is 0 Å². The van der Waals surface area contributed by atoms with Gasteiger partial charge in [0.1, 0.15) is 0 Å². The van der Waals surface area contributed by atoms with Gasteiger partial charge in [-0.3, -0.25) is 0 Å². The van der Waals surface area contributed by atoms with E-state index in [1.807, 2.05) is 39.0 Å². The summed E-state index contributed by atoms with van der Waals surface area (Å²) in [6.07, 6.45) is 0. The zero-order chi connectivity index (χ0) is 29.2. The third-order valence-electron chi connectivity index (χ3n) is 8.18. The van der Waals surface area contributed by atoms with Gasteiger partial charge in [-0.15, -0.1) is 11.3 Å². The Morgan fingerprint density at radius 2 is 1.07 bits per heavy atom. The molecule has 0 atom stereocenters. The van der Waals surface area contributed by atoms with Gasteiger partial charge in [-0.05, 0) is 71.1 Å². The first-order chi connectivity index (χ1) is 20.9. The highest BCUT2D eigenvalue weighted by molar-refractivity contribution is 7.26. The monoisotopic (exact) mass is 576 g/mol. The van der Waals surface area contributed by atoms with E-state index in [1.54, 1.807) is 0 Å². The Morgan fingerprint density at radius 1 is 0.488 bits per heavy atom. The lowest BCUT2D eigenvalue weighted by Crippen LogP contribution is -1.85. The van der Waals surface area contributed by atoms with Crippen molar-refractivity contribution in [2.45, 2.75) is 27.7 Å². The Morgan fingerprint density at radius 3 is 1.72 bits per heavy atom. The van der Waals surface area contributed by atoms with Crippen molar-refractivity contribution < 1.29 is 8.83 Å². The molecule has 0 aliphatic rings. The molecular formula is C38H28N2O2S. The quantitative estimate of drug-likeness (QED) is 0.209. The SMILES string of the molecule is Cc1nc(C)c(-c2cccc(-c3ccc4c(c3)sc3cc(-c5cccc(-c6oc(C)nc6C)c5)c5ccccc5c34)c2)o1. The minimum atomic E-state index is 0.685. The smallest absolute Gasteiger partial charge is 0.192 e. The lowest BCUT2D eigenvalue weighted by Gasteiger charge is -2.10. The second kappa shape index (κ2) is 9.79. The fourth-order valence-electron chi connectivity index (χ4n) is 6.32. The number of hydrogen-bond acceptors (Lipinski definition) is 5. The molecule has 208 valence electrons. The Labute approximate surface area is 253 Å². The summed E-state index contributed by atoms with van der Waals surface area (Å²) in [7, 11) is 0. The molecule has 0 spiro atoms. The second-order valence-electron chi connectivity index (χ2n) is 11.1. The molecular weight excluding hydrogens is 548 g/mol. The number of oxazole rings is 2. The standard InChI is InChI=1S/C38H28N2O2S/c1-21-37(41-23(3)39-21)28-11-7-9-25(17-28)26-15-16-32-34(19-26)43-35-20-33(30-13-5-6-14-31(30)36(32)35)27-10-8-12-29(18-27)38-22(2)40-24(4)42-38/h5-20H,1-4H3. The third-order valence-corrected chi connectivity index (χ3v) is 9.28. The molecule has 0 amide bonds. The Bertz CT molecular complexity index is 2350. The Hall–Kier alpha value is -5.00. The van der Waals surface area contributed by atoms with Gasteiger partial charge in [-0.25, -0.2) is 9.97 Å². The fourth-order valence-corrected chi connectivity index (χ4v) is 7.53. The van der Waals surface area contributed by atoms with Crippen molar-refractivity contribution in [2.75, 3.05) is 0 Å². The van der Waals surface area contributed by atoms with E-state index in [1.165, 1.54) is 42.1 Å². The molecule has 8 aromatic rings. The minimum absolute atomic E-state index is 0.685. The van der Waals surface area contributed by atoms with Crippen LogP contribution in [0.15, 0.2) is 106 Å². The summed E-state index contributed by atoms with van der Waals surface area (Å²) in [6.45, 7) is 7.77. The van der Waals surface area contributed by atoms with Gasteiger partial charge in [-0.1, -0.05) is 72.8 Å². The van der Waals surface area contributed by atoms with Gasteiger partial charge in [0, 0.05) is 45.1 Å². The summed E-state index contributed by atoms with van der Waals surface area (Å²) in [5.41, 5.74) is 8.63. The van der Waals surface area contributed by atoms with Crippen LogP contribution >= 0.6 is 11.3 Å². The molecule has 0 fully saturated rings. The number of aryl methyl sites for hydroxylation is 4. The average Bonchev–Trinajstić information content (AvgIpc) is 3.68. The summed E-state index contributed by atoms with van der Waals surface area (Å²) in [4.78, 5) is 8.95. The normalized spacial score (nSPS) is 11.7. The van der Waals surface area contributed by atoms with E-state index < -0.39 is 0 Å². The van der Waals surface area contributed by atoms with Crippen LogP contribution in [0.3, 0.4) is 0 Å². The highest BCUT2D eigenvalue weighted by atomic mass is 32.1. The number of hydrogen-bond donors (Lipinski definition) is 0. The molecule has 0 bridgehead atoms. The molecule has 0 aliphatic heterocycles. The van der Waals surface area contributed by atoms with Gasteiger partial charge < -0.3 is 8.83 Å². The lowest BCUT2D eigenvalue weighted by atomic mass is 9.93. The van der Waals surface area contributed by atoms with Crippen LogP contribution in [0.1, 0.15) is 23.2 Å². The van der Waals surface area contributed by atoms with Crippen molar-refractivity contribution in [1.82, 2.24) is 9.97 Å². The maximum atomic E-state index is 5.96.